The van der Waals surface area contributed by atoms with Gasteiger partial charge < -0.3 is 9.64 Å². The highest BCUT2D eigenvalue weighted by molar-refractivity contribution is 6.03. The molecule has 5 nitrogen and oxygen atoms in total. The van der Waals surface area contributed by atoms with E-state index in [4.69, 9.17) is 4.74 Å². The predicted octanol–water partition coefficient (Wildman–Crippen LogP) is -0.287. The van der Waals surface area contributed by atoms with Gasteiger partial charge in [0.1, 0.15) is 13.1 Å². The zero-order chi connectivity index (χ0) is 15.3. The van der Waals surface area contributed by atoms with E-state index in [1.807, 2.05) is 0 Å². The number of fused-ring (bicyclic) bond motifs is 2. The molecule has 5 heteroatoms. The molecule has 2 heterocycles. The number of morpholine rings is 1. The summed E-state index contributed by atoms with van der Waals surface area (Å²) in [6.07, 6.45) is 1.70. The summed E-state index contributed by atoms with van der Waals surface area (Å²) < 4.78 is 5.35. The number of hydrogen-bond donors (Lipinski definition) is 1. The van der Waals surface area contributed by atoms with Crippen molar-refractivity contribution in [1.82, 2.24) is 4.90 Å². The van der Waals surface area contributed by atoms with Crippen molar-refractivity contribution >= 4 is 11.8 Å². The molecule has 3 rings (SSSR count). The van der Waals surface area contributed by atoms with E-state index in [-0.39, 0.29) is 28.6 Å². The van der Waals surface area contributed by atoms with Gasteiger partial charge in [-0.05, 0) is 18.3 Å². The molecule has 2 bridgehead atoms. The van der Waals surface area contributed by atoms with Gasteiger partial charge in [-0.2, -0.15) is 0 Å². The molecule has 1 N–H and O–H groups in total. The van der Waals surface area contributed by atoms with Crippen LogP contribution in [0.3, 0.4) is 0 Å². The molecule has 2 amide bonds. The van der Waals surface area contributed by atoms with Gasteiger partial charge in [0.25, 0.3) is 0 Å². The first-order valence-electron chi connectivity index (χ1n) is 8.15. The molecule has 118 valence electrons. The first-order valence-corrected chi connectivity index (χ1v) is 8.15. The van der Waals surface area contributed by atoms with Crippen molar-refractivity contribution < 1.29 is 19.2 Å². The molecule has 0 spiro atoms. The normalized spacial score (nSPS) is 36.3. The average molecular weight is 295 g/mol. The van der Waals surface area contributed by atoms with E-state index < -0.39 is 0 Å². The van der Waals surface area contributed by atoms with Crippen molar-refractivity contribution in [1.29, 1.82) is 0 Å². The van der Waals surface area contributed by atoms with Crippen LogP contribution in [-0.2, 0) is 14.3 Å². The largest absolute Gasteiger partial charge is 0.370 e. The lowest BCUT2D eigenvalue weighted by Gasteiger charge is -2.47. The minimum Gasteiger partial charge on any atom is -0.370 e. The fourth-order valence-electron chi connectivity index (χ4n) is 4.29. The summed E-state index contributed by atoms with van der Waals surface area (Å²) in [5.41, 5.74) is -0.574. The van der Waals surface area contributed by atoms with Crippen LogP contribution in [0.25, 0.3) is 0 Å². The third kappa shape index (κ3) is 2.13. The molecule has 3 fully saturated rings. The van der Waals surface area contributed by atoms with E-state index >= 15 is 0 Å². The molecule has 2 aliphatic heterocycles. The fourth-order valence-corrected chi connectivity index (χ4v) is 4.29. The summed E-state index contributed by atoms with van der Waals surface area (Å²) in [6, 6.07) is 0. The molecular weight excluding hydrogens is 268 g/mol. The molecule has 3 aliphatic rings. The van der Waals surface area contributed by atoms with Gasteiger partial charge in [-0.25, -0.2) is 0 Å². The topological polar surface area (TPSA) is 51.1 Å². The van der Waals surface area contributed by atoms with Gasteiger partial charge in [0.2, 0.25) is 11.8 Å². The highest BCUT2D eigenvalue weighted by Crippen LogP contribution is 2.59. The summed E-state index contributed by atoms with van der Waals surface area (Å²) in [7, 11) is 0. The fraction of sp³-hybridized carbons (Fsp3) is 0.875. The lowest BCUT2D eigenvalue weighted by atomic mass is 9.62. The van der Waals surface area contributed by atoms with E-state index in [9.17, 15) is 9.59 Å². The van der Waals surface area contributed by atoms with Gasteiger partial charge in [0, 0.05) is 5.92 Å². The number of hydrogen-bond acceptors (Lipinski definition) is 3. The van der Waals surface area contributed by atoms with Crippen LogP contribution in [0.15, 0.2) is 0 Å². The number of rotatable bonds is 3. The highest BCUT2D eigenvalue weighted by atomic mass is 16.5. The number of nitrogens with one attached hydrogen (secondary N) is 1. The van der Waals surface area contributed by atoms with Crippen molar-refractivity contribution in [2.45, 2.75) is 33.6 Å². The van der Waals surface area contributed by atoms with Crippen molar-refractivity contribution in [3.63, 3.8) is 0 Å². The van der Waals surface area contributed by atoms with Crippen molar-refractivity contribution in [2.75, 3.05) is 39.4 Å². The maximum Gasteiger partial charge on any atom is 0.235 e. The van der Waals surface area contributed by atoms with Crippen LogP contribution in [0.5, 0.6) is 0 Å². The van der Waals surface area contributed by atoms with Gasteiger partial charge in [-0.3, -0.25) is 14.5 Å². The molecule has 0 aromatic heterocycles. The molecule has 1 saturated carbocycles. The molecule has 2 saturated heterocycles. The van der Waals surface area contributed by atoms with Crippen LogP contribution >= 0.6 is 0 Å². The Kier molecular flexibility index (Phi) is 3.61. The minimum absolute atomic E-state index is 0.0138. The predicted molar refractivity (Wildman–Crippen MR) is 77.7 cm³/mol. The quantitative estimate of drug-likeness (QED) is 0.728. The second-order valence-electron chi connectivity index (χ2n) is 7.55. The summed E-state index contributed by atoms with van der Waals surface area (Å²) in [6.45, 7) is 11.2. The average Bonchev–Trinajstić information content (AvgIpc) is 2.65. The van der Waals surface area contributed by atoms with E-state index in [0.717, 1.165) is 45.7 Å². The zero-order valence-corrected chi connectivity index (χ0v) is 13.4. The van der Waals surface area contributed by atoms with Gasteiger partial charge in [0.05, 0.1) is 31.7 Å². The standard InChI is InChI=1S/C16H26N2O3/c1-15(2)12-4-5-16(15,3)14(20)18(13(12)19)7-6-17-8-10-21-11-9-17/h12H,4-11H2,1-3H3/p+1/t12-,16-/m1/s1. The van der Waals surface area contributed by atoms with Crippen molar-refractivity contribution in [3.05, 3.63) is 0 Å². The number of carbonyl (C=O) groups is 2. The first-order chi connectivity index (χ1) is 9.88. The Hall–Kier alpha value is -0.940. The zero-order valence-electron chi connectivity index (χ0n) is 13.4. The Morgan fingerprint density at radius 2 is 1.90 bits per heavy atom. The summed E-state index contributed by atoms with van der Waals surface area (Å²) in [5, 5.41) is 0. The van der Waals surface area contributed by atoms with Crippen LogP contribution < -0.4 is 4.90 Å². The van der Waals surface area contributed by atoms with Crippen LogP contribution in [0.4, 0.5) is 0 Å². The second-order valence-corrected chi connectivity index (χ2v) is 7.55. The van der Waals surface area contributed by atoms with Gasteiger partial charge in [-0.1, -0.05) is 20.8 Å². The lowest BCUT2D eigenvalue weighted by Crippen LogP contribution is -3.14. The molecule has 0 radical (unpaired) electrons. The second kappa shape index (κ2) is 5.06. The molecule has 1 aliphatic carbocycles. The molecule has 0 aromatic carbocycles. The maximum atomic E-state index is 12.9. The summed E-state index contributed by atoms with van der Waals surface area (Å²) in [5.74, 6) is 0.131. The number of carbonyl (C=O) groups excluding carboxylic acids is 2. The van der Waals surface area contributed by atoms with Gasteiger partial charge in [-0.15, -0.1) is 0 Å². The van der Waals surface area contributed by atoms with Crippen molar-refractivity contribution in [3.8, 4) is 0 Å². The third-order valence-corrected chi connectivity index (χ3v) is 6.40. The van der Waals surface area contributed by atoms with E-state index in [2.05, 4.69) is 20.8 Å². The number of imide groups is 1. The van der Waals surface area contributed by atoms with Crippen LogP contribution in [0.2, 0.25) is 0 Å². The lowest BCUT2D eigenvalue weighted by molar-refractivity contribution is -0.907. The molecular formula is C16H27N2O3+. The van der Waals surface area contributed by atoms with Gasteiger partial charge >= 0.3 is 0 Å². The number of nitrogens with zero attached hydrogens (tertiary/aromatic N) is 1. The van der Waals surface area contributed by atoms with E-state index in [0.29, 0.717) is 6.54 Å². The Morgan fingerprint density at radius 3 is 2.57 bits per heavy atom. The van der Waals surface area contributed by atoms with E-state index in [1.165, 1.54) is 4.90 Å². The molecule has 0 unspecified atom stereocenters. The molecule has 2 atom stereocenters. The molecule has 21 heavy (non-hydrogen) atoms. The monoisotopic (exact) mass is 295 g/mol. The number of piperidine rings is 1. The van der Waals surface area contributed by atoms with Crippen molar-refractivity contribution in [2.24, 2.45) is 16.7 Å². The van der Waals surface area contributed by atoms with E-state index in [1.54, 1.807) is 4.90 Å². The number of amides is 2. The highest BCUT2D eigenvalue weighted by Gasteiger charge is 2.64. The first kappa shape index (κ1) is 15.0. The Balaban J connectivity index is 1.72. The van der Waals surface area contributed by atoms with Crippen LogP contribution in [0, 0.1) is 16.7 Å². The smallest absolute Gasteiger partial charge is 0.235 e. The maximum absolute atomic E-state index is 12.9. The number of quaternary nitrogens is 1. The Labute approximate surface area is 126 Å². The summed E-state index contributed by atoms with van der Waals surface area (Å²) in [4.78, 5) is 28.6. The number of likely N-dealkylation sites (tertiary alicyclic amines) is 1. The third-order valence-electron chi connectivity index (χ3n) is 6.40. The van der Waals surface area contributed by atoms with Crippen LogP contribution in [0.1, 0.15) is 33.6 Å². The van der Waals surface area contributed by atoms with Crippen LogP contribution in [-0.4, -0.2) is 56.1 Å². The number of ether oxygens (including phenoxy) is 1. The molecule has 0 aromatic rings. The minimum atomic E-state index is -0.369. The summed E-state index contributed by atoms with van der Waals surface area (Å²) >= 11 is 0. The Bertz CT molecular complexity index is 456. The van der Waals surface area contributed by atoms with Gasteiger partial charge in [0.15, 0.2) is 0 Å². The SMILES string of the molecule is CC1(C)[C@@H]2CC[C@]1(C)C(=O)N(CC[NH+]1CCOCC1)C2=O. The Morgan fingerprint density at radius 1 is 1.24 bits per heavy atom.